The van der Waals surface area contributed by atoms with E-state index in [9.17, 15) is 0 Å². The Balaban J connectivity index is 0.961. The van der Waals surface area contributed by atoms with Crippen molar-refractivity contribution in [3.8, 4) is 44.5 Å². The molecule has 1 nitrogen and oxygen atoms in total. The largest absolute Gasteiger partial charge is 0.310 e. The molecule has 0 atom stereocenters. The van der Waals surface area contributed by atoms with Crippen LogP contribution in [0.3, 0.4) is 0 Å². The summed E-state index contributed by atoms with van der Waals surface area (Å²) in [4.78, 5) is 2.48. The molecule has 2 aliphatic carbocycles. The van der Waals surface area contributed by atoms with E-state index in [0.29, 0.717) is 0 Å². The highest BCUT2D eigenvalue weighted by atomic mass is 32.1. The second-order valence-electron chi connectivity index (χ2n) is 19.1. The van der Waals surface area contributed by atoms with Gasteiger partial charge in [0.05, 0.1) is 10.8 Å². The van der Waals surface area contributed by atoms with Gasteiger partial charge in [0.1, 0.15) is 0 Å². The van der Waals surface area contributed by atoms with Crippen LogP contribution in [0.15, 0.2) is 284 Å². The Kier molecular flexibility index (Phi) is 9.91. The number of thiophene rings is 1. The van der Waals surface area contributed by atoms with Crippen molar-refractivity contribution in [2.45, 2.75) is 10.8 Å². The molecular weight excluding hydrogens is 887 g/mol. The highest BCUT2D eigenvalue weighted by molar-refractivity contribution is 7.17. The van der Waals surface area contributed by atoms with Crippen molar-refractivity contribution < 1.29 is 0 Å². The van der Waals surface area contributed by atoms with Gasteiger partial charge in [-0.2, -0.15) is 0 Å². The molecule has 14 rings (SSSR count). The minimum absolute atomic E-state index is 0.490. The lowest BCUT2D eigenvalue weighted by molar-refractivity contribution is 0.768. The van der Waals surface area contributed by atoms with Gasteiger partial charge in [0.15, 0.2) is 0 Å². The molecule has 2 aliphatic rings. The summed E-state index contributed by atoms with van der Waals surface area (Å²) in [5.41, 5.74) is 22.3. The molecule has 1 aromatic heterocycles. The van der Waals surface area contributed by atoms with Crippen LogP contribution in [0.4, 0.5) is 17.1 Å². The molecule has 0 saturated heterocycles. The fraction of sp³-hybridized carbons (Fsp3) is 0.0286. The summed E-state index contributed by atoms with van der Waals surface area (Å²) >= 11 is 1.79. The van der Waals surface area contributed by atoms with E-state index < -0.39 is 10.8 Å². The Morgan fingerprint density at radius 3 is 1.24 bits per heavy atom. The zero-order chi connectivity index (χ0) is 47.6. The van der Waals surface area contributed by atoms with E-state index in [1.807, 2.05) is 0 Å². The van der Waals surface area contributed by atoms with Gasteiger partial charge in [0.25, 0.3) is 0 Å². The fourth-order valence-corrected chi connectivity index (χ4v) is 13.2. The molecular formula is C70H47NS. The summed E-state index contributed by atoms with van der Waals surface area (Å²) in [5, 5.41) is 3.46. The van der Waals surface area contributed by atoms with Crippen molar-refractivity contribution in [2.75, 3.05) is 4.90 Å². The Hall–Kier alpha value is -8.82. The van der Waals surface area contributed by atoms with E-state index in [-0.39, 0.29) is 0 Å². The lowest BCUT2D eigenvalue weighted by atomic mass is 9.67. The fourth-order valence-electron chi connectivity index (χ4n) is 12.4. The summed E-state index contributed by atoms with van der Waals surface area (Å²) in [6.45, 7) is 0. The number of fused-ring (bicyclic) bond motifs is 7. The molecule has 0 fully saturated rings. The SMILES string of the molecule is c1ccc(C2(c3ccccc3)c3ccccc3-c3cc(N(c4ccc(-c5ccc(-c6ccc7sccc7c6)cc5)cc4)c4ccc5c(c4)C(c4ccccc4)(c4ccccc4)c4ccccc4-5)ccc32)cc1. The Morgan fingerprint density at radius 2 is 0.667 bits per heavy atom. The molecule has 0 N–H and O–H groups in total. The number of anilines is 3. The first-order chi connectivity index (χ1) is 35.7. The number of rotatable bonds is 9. The van der Waals surface area contributed by atoms with Crippen molar-refractivity contribution in [3.05, 3.63) is 329 Å². The number of benzene rings is 11. The van der Waals surface area contributed by atoms with Crippen LogP contribution in [0.1, 0.15) is 44.5 Å². The molecule has 11 aromatic carbocycles. The molecule has 2 heteroatoms. The van der Waals surface area contributed by atoms with E-state index in [4.69, 9.17) is 0 Å². The van der Waals surface area contributed by atoms with Crippen molar-refractivity contribution in [1.82, 2.24) is 0 Å². The Bertz CT molecular complexity index is 3870. The van der Waals surface area contributed by atoms with Gasteiger partial charge in [-0.05, 0) is 154 Å². The zero-order valence-electron chi connectivity index (χ0n) is 39.5. The number of nitrogens with zero attached hydrogens (tertiary/aromatic N) is 1. The minimum Gasteiger partial charge on any atom is -0.310 e. The lowest BCUT2D eigenvalue weighted by Crippen LogP contribution is -2.28. The van der Waals surface area contributed by atoms with Crippen LogP contribution in [0.25, 0.3) is 54.6 Å². The summed E-state index contributed by atoms with van der Waals surface area (Å²) < 4.78 is 1.32. The summed E-state index contributed by atoms with van der Waals surface area (Å²) in [6, 6.07) is 104. The van der Waals surface area contributed by atoms with E-state index in [2.05, 4.69) is 289 Å². The summed E-state index contributed by atoms with van der Waals surface area (Å²) in [5.74, 6) is 0. The van der Waals surface area contributed by atoms with Crippen LogP contribution >= 0.6 is 11.3 Å². The van der Waals surface area contributed by atoms with Gasteiger partial charge < -0.3 is 4.90 Å². The first kappa shape index (κ1) is 42.1. The second-order valence-corrected chi connectivity index (χ2v) is 20.1. The van der Waals surface area contributed by atoms with Crippen molar-refractivity contribution >= 4 is 38.5 Å². The molecule has 1 heterocycles. The van der Waals surface area contributed by atoms with Gasteiger partial charge in [-0.25, -0.2) is 0 Å². The standard InChI is InChI=1S/C70H47NS/c1-5-17-53(18-6-1)69(54-19-7-2-8-20-54)65-28-16-14-26-61(65)63-46-58(39-41-66(63)69)71(57-36-33-49(34-37-57)48-29-31-50(32-30-48)51-35-42-68-52(45-51)43-44-72-68)59-38-40-62-60-25-13-15-27-64(60)70(67(62)47-59,55-21-9-3-10-22-55)56-23-11-4-12-24-56/h1-47H. The molecule has 0 aliphatic heterocycles. The average molecular weight is 934 g/mol. The van der Waals surface area contributed by atoms with Gasteiger partial charge >= 0.3 is 0 Å². The molecule has 0 saturated carbocycles. The van der Waals surface area contributed by atoms with Gasteiger partial charge in [0.2, 0.25) is 0 Å². The maximum atomic E-state index is 2.48. The summed E-state index contributed by atoms with van der Waals surface area (Å²) in [6.07, 6.45) is 0. The predicted octanol–water partition coefficient (Wildman–Crippen LogP) is 18.4. The average Bonchev–Trinajstić information content (AvgIpc) is 4.15. The first-order valence-corrected chi connectivity index (χ1v) is 25.8. The second kappa shape index (κ2) is 16.9. The van der Waals surface area contributed by atoms with Crippen LogP contribution in [0, 0.1) is 0 Å². The number of hydrogen-bond donors (Lipinski definition) is 0. The third kappa shape index (κ3) is 6.39. The summed E-state index contributed by atoms with van der Waals surface area (Å²) in [7, 11) is 0. The lowest BCUT2D eigenvalue weighted by Gasteiger charge is -2.35. The molecule has 338 valence electrons. The van der Waals surface area contributed by atoms with Crippen LogP contribution in [-0.2, 0) is 10.8 Å². The molecule has 0 spiro atoms. The third-order valence-corrected chi connectivity index (χ3v) is 16.4. The topological polar surface area (TPSA) is 3.24 Å². The Labute approximate surface area is 425 Å². The highest BCUT2D eigenvalue weighted by Gasteiger charge is 2.48. The molecule has 0 radical (unpaired) electrons. The maximum absolute atomic E-state index is 2.48. The van der Waals surface area contributed by atoms with Crippen LogP contribution < -0.4 is 4.90 Å². The predicted molar refractivity (Wildman–Crippen MR) is 302 cm³/mol. The van der Waals surface area contributed by atoms with Gasteiger partial charge in [-0.3, -0.25) is 0 Å². The van der Waals surface area contributed by atoms with Crippen LogP contribution in [-0.4, -0.2) is 0 Å². The van der Waals surface area contributed by atoms with Crippen molar-refractivity contribution in [2.24, 2.45) is 0 Å². The quantitative estimate of drug-likeness (QED) is 0.139. The van der Waals surface area contributed by atoms with E-state index in [0.717, 1.165) is 17.1 Å². The van der Waals surface area contributed by atoms with Gasteiger partial charge in [-0.1, -0.05) is 224 Å². The van der Waals surface area contributed by atoms with Crippen molar-refractivity contribution in [1.29, 1.82) is 0 Å². The van der Waals surface area contributed by atoms with Crippen molar-refractivity contribution in [3.63, 3.8) is 0 Å². The molecule has 0 amide bonds. The zero-order valence-corrected chi connectivity index (χ0v) is 40.3. The van der Waals surface area contributed by atoms with Crippen LogP contribution in [0.5, 0.6) is 0 Å². The maximum Gasteiger partial charge on any atom is 0.0714 e. The highest BCUT2D eigenvalue weighted by Crippen LogP contribution is 2.59. The molecule has 72 heavy (non-hydrogen) atoms. The molecule has 0 unspecified atom stereocenters. The first-order valence-electron chi connectivity index (χ1n) is 24.9. The van der Waals surface area contributed by atoms with Crippen LogP contribution in [0.2, 0.25) is 0 Å². The minimum atomic E-state index is -0.538. The van der Waals surface area contributed by atoms with E-state index >= 15 is 0 Å². The monoisotopic (exact) mass is 933 g/mol. The Morgan fingerprint density at radius 1 is 0.264 bits per heavy atom. The van der Waals surface area contributed by atoms with Gasteiger partial charge in [-0.15, -0.1) is 11.3 Å². The molecule has 0 bridgehead atoms. The molecule has 12 aromatic rings. The number of hydrogen-bond acceptors (Lipinski definition) is 2. The third-order valence-electron chi connectivity index (χ3n) is 15.5. The van der Waals surface area contributed by atoms with E-state index in [1.54, 1.807) is 11.3 Å². The van der Waals surface area contributed by atoms with Gasteiger partial charge in [0, 0.05) is 21.8 Å². The normalized spacial score (nSPS) is 13.5. The van der Waals surface area contributed by atoms with E-state index in [1.165, 1.54) is 99.1 Å². The smallest absolute Gasteiger partial charge is 0.0714 e.